The number of rotatable bonds is 2. The Balaban J connectivity index is 3.11. The molecule has 0 aliphatic rings. The zero-order valence-corrected chi connectivity index (χ0v) is 9.40. The number of benzene rings is 1. The SMILES string of the molecule is C[B]c1cc(F)c(F)c(OC(C)(C)C)c1. The molecule has 4 heteroatoms. The third kappa shape index (κ3) is 3.22. The van der Waals surface area contributed by atoms with Gasteiger partial charge in [-0.2, -0.15) is 4.39 Å². The molecule has 1 rings (SSSR count). The van der Waals surface area contributed by atoms with Gasteiger partial charge in [0.05, 0.1) is 0 Å². The average Bonchev–Trinajstić information content (AvgIpc) is 2.10. The van der Waals surface area contributed by atoms with E-state index in [1.165, 1.54) is 6.07 Å². The van der Waals surface area contributed by atoms with Crippen LogP contribution in [0.3, 0.4) is 0 Å². The molecule has 15 heavy (non-hydrogen) atoms. The minimum atomic E-state index is -0.935. The summed E-state index contributed by atoms with van der Waals surface area (Å²) in [6.45, 7) is 7.11. The van der Waals surface area contributed by atoms with Crippen molar-refractivity contribution in [1.29, 1.82) is 0 Å². The first-order valence-electron chi connectivity index (χ1n) is 4.81. The van der Waals surface area contributed by atoms with Gasteiger partial charge in [0, 0.05) is 0 Å². The standard InChI is InChI=1S/C11H14BF2O/c1-11(2,3)15-9-6-7(12-4)5-8(13)10(9)14/h5-6H,1-4H3. The topological polar surface area (TPSA) is 9.23 Å². The summed E-state index contributed by atoms with van der Waals surface area (Å²) < 4.78 is 31.8. The van der Waals surface area contributed by atoms with Crippen molar-refractivity contribution in [3.05, 3.63) is 23.8 Å². The second-order valence-corrected chi connectivity index (χ2v) is 4.32. The lowest BCUT2D eigenvalue weighted by Gasteiger charge is -2.22. The van der Waals surface area contributed by atoms with Gasteiger partial charge in [0.15, 0.2) is 11.6 Å². The summed E-state index contributed by atoms with van der Waals surface area (Å²) in [5, 5.41) is 0. The predicted molar refractivity (Wildman–Crippen MR) is 58.0 cm³/mol. The molecule has 1 radical (unpaired) electrons. The van der Waals surface area contributed by atoms with E-state index in [0.717, 1.165) is 6.07 Å². The van der Waals surface area contributed by atoms with Crippen LogP contribution in [0, 0.1) is 11.6 Å². The maximum Gasteiger partial charge on any atom is 0.200 e. The Morgan fingerprint density at radius 1 is 1.20 bits per heavy atom. The van der Waals surface area contributed by atoms with Crippen LogP contribution in [0.2, 0.25) is 6.82 Å². The molecule has 0 aliphatic heterocycles. The molecule has 81 valence electrons. The van der Waals surface area contributed by atoms with Gasteiger partial charge in [-0.05, 0) is 32.9 Å². The Labute approximate surface area is 89.7 Å². The lowest BCUT2D eigenvalue weighted by atomic mass is 9.73. The Hall–Kier alpha value is -1.06. The molecule has 0 spiro atoms. The van der Waals surface area contributed by atoms with Crippen molar-refractivity contribution >= 4 is 12.7 Å². The van der Waals surface area contributed by atoms with Crippen molar-refractivity contribution in [3.63, 3.8) is 0 Å². The highest BCUT2D eigenvalue weighted by Gasteiger charge is 2.18. The molecule has 0 fully saturated rings. The fraction of sp³-hybridized carbons (Fsp3) is 0.455. The second kappa shape index (κ2) is 4.21. The van der Waals surface area contributed by atoms with Crippen LogP contribution >= 0.6 is 0 Å². The number of halogens is 2. The molecule has 0 aromatic heterocycles. The highest BCUT2D eigenvalue weighted by atomic mass is 19.2. The monoisotopic (exact) mass is 211 g/mol. The molecule has 0 bridgehead atoms. The third-order valence-corrected chi connectivity index (χ3v) is 1.77. The molecule has 0 aliphatic carbocycles. The molecule has 0 atom stereocenters. The molecule has 1 aromatic carbocycles. The van der Waals surface area contributed by atoms with Gasteiger partial charge in [-0.15, -0.1) is 0 Å². The van der Waals surface area contributed by atoms with E-state index in [2.05, 4.69) is 0 Å². The molecule has 1 aromatic rings. The molecular formula is C11H14BF2O. The van der Waals surface area contributed by atoms with Crippen LogP contribution in [0.4, 0.5) is 8.78 Å². The Kier molecular flexibility index (Phi) is 3.37. The molecule has 0 heterocycles. The van der Waals surface area contributed by atoms with E-state index < -0.39 is 17.2 Å². The molecular weight excluding hydrogens is 197 g/mol. The zero-order chi connectivity index (χ0) is 11.6. The second-order valence-electron chi connectivity index (χ2n) is 4.32. The summed E-state index contributed by atoms with van der Waals surface area (Å²) in [7, 11) is 1.69. The Morgan fingerprint density at radius 2 is 1.80 bits per heavy atom. The zero-order valence-electron chi connectivity index (χ0n) is 9.40. The number of hydrogen-bond acceptors (Lipinski definition) is 1. The van der Waals surface area contributed by atoms with Crippen molar-refractivity contribution in [1.82, 2.24) is 0 Å². The average molecular weight is 211 g/mol. The van der Waals surface area contributed by atoms with Crippen LogP contribution in [0.5, 0.6) is 5.75 Å². The van der Waals surface area contributed by atoms with E-state index in [-0.39, 0.29) is 5.75 Å². The van der Waals surface area contributed by atoms with E-state index in [4.69, 9.17) is 4.74 Å². The van der Waals surface area contributed by atoms with E-state index in [1.54, 1.807) is 34.9 Å². The van der Waals surface area contributed by atoms with Crippen LogP contribution < -0.4 is 10.2 Å². The van der Waals surface area contributed by atoms with Crippen molar-refractivity contribution in [2.45, 2.75) is 33.2 Å². The Morgan fingerprint density at radius 3 is 2.27 bits per heavy atom. The summed E-state index contributed by atoms with van der Waals surface area (Å²) >= 11 is 0. The fourth-order valence-corrected chi connectivity index (χ4v) is 1.15. The molecule has 1 nitrogen and oxygen atoms in total. The maximum absolute atomic E-state index is 13.3. The highest BCUT2D eigenvalue weighted by molar-refractivity contribution is 6.51. The van der Waals surface area contributed by atoms with Gasteiger partial charge in [-0.3, -0.25) is 0 Å². The smallest absolute Gasteiger partial charge is 0.200 e. The van der Waals surface area contributed by atoms with Crippen LogP contribution in [0.1, 0.15) is 20.8 Å². The van der Waals surface area contributed by atoms with Crippen molar-refractivity contribution in [3.8, 4) is 5.75 Å². The van der Waals surface area contributed by atoms with E-state index in [1.807, 2.05) is 0 Å². The van der Waals surface area contributed by atoms with E-state index >= 15 is 0 Å². The van der Waals surface area contributed by atoms with Gasteiger partial charge in [0.2, 0.25) is 5.82 Å². The molecule has 0 unspecified atom stereocenters. The van der Waals surface area contributed by atoms with Gasteiger partial charge in [-0.25, -0.2) is 4.39 Å². The molecule has 0 saturated heterocycles. The third-order valence-electron chi connectivity index (χ3n) is 1.77. The summed E-state index contributed by atoms with van der Waals surface area (Å²) in [6.07, 6.45) is 0. The first kappa shape index (κ1) is 12.0. The van der Waals surface area contributed by atoms with Gasteiger partial charge < -0.3 is 4.74 Å². The van der Waals surface area contributed by atoms with Crippen LogP contribution in [0.15, 0.2) is 12.1 Å². The minimum Gasteiger partial charge on any atom is -0.485 e. The quantitative estimate of drug-likeness (QED) is 0.683. The number of ether oxygens (including phenoxy) is 1. The highest BCUT2D eigenvalue weighted by Crippen LogP contribution is 2.22. The summed E-state index contributed by atoms with van der Waals surface area (Å²) in [4.78, 5) is 0. The first-order valence-corrected chi connectivity index (χ1v) is 4.81. The van der Waals surface area contributed by atoms with Crippen LogP contribution in [-0.2, 0) is 0 Å². The minimum absolute atomic E-state index is 0.0457. The largest absolute Gasteiger partial charge is 0.485 e. The maximum atomic E-state index is 13.3. The molecule has 0 amide bonds. The number of hydrogen-bond donors (Lipinski definition) is 0. The van der Waals surface area contributed by atoms with Gasteiger partial charge in [0.1, 0.15) is 12.9 Å². The Bertz CT molecular complexity index is 358. The summed E-state index contributed by atoms with van der Waals surface area (Å²) in [5.74, 6) is -1.86. The summed E-state index contributed by atoms with van der Waals surface area (Å²) in [5.41, 5.74) is 0.0627. The van der Waals surface area contributed by atoms with E-state index in [9.17, 15) is 8.78 Å². The predicted octanol–water partition coefficient (Wildman–Crippen LogP) is 2.52. The lowest BCUT2D eigenvalue weighted by molar-refractivity contribution is 0.123. The lowest BCUT2D eigenvalue weighted by Crippen LogP contribution is -2.25. The van der Waals surface area contributed by atoms with Crippen molar-refractivity contribution in [2.24, 2.45) is 0 Å². The normalized spacial score (nSPS) is 11.3. The van der Waals surface area contributed by atoms with E-state index in [0.29, 0.717) is 5.46 Å². The van der Waals surface area contributed by atoms with Gasteiger partial charge in [0.25, 0.3) is 0 Å². The molecule has 0 saturated carbocycles. The van der Waals surface area contributed by atoms with Gasteiger partial charge in [-0.1, -0.05) is 12.3 Å². The van der Waals surface area contributed by atoms with Crippen LogP contribution in [-0.4, -0.2) is 12.9 Å². The van der Waals surface area contributed by atoms with Crippen molar-refractivity contribution < 1.29 is 13.5 Å². The summed E-state index contributed by atoms with van der Waals surface area (Å²) in [6, 6.07) is 2.63. The van der Waals surface area contributed by atoms with Crippen LogP contribution in [0.25, 0.3) is 0 Å². The fourth-order valence-electron chi connectivity index (χ4n) is 1.15. The first-order chi connectivity index (χ1) is 6.83. The molecule has 0 N–H and O–H groups in total. The van der Waals surface area contributed by atoms with Crippen molar-refractivity contribution in [2.75, 3.05) is 0 Å². The van der Waals surface area contributed by atoms with Gasteiger partial charge >= 0.3 is 0 Å².